The Morgan fingerprint density at radius 1 is 1.22 bits per heavy atom. The summed E-state index contributed by atoms with van der Waals surface area (Å²) in [6.45, 7) is 0.825. The van der Waals surface area contributed by atoms with E-state index < -0.39 is 32.9 Å². The Bertz CT molecular complexity index is 848. The first-order valence-corrected chi connectivity index (χ1v) is 10.9. The van der Waals surface area contributed by atoms with Gasteiger partial charge >= 0.3 is 5.97 Å². The maximum absolute atomic E-state index is 12.8. The number of amides is 1. The molecule has 4 atom stereocenters. The quantitative estimate of drug-likeness (QED) is 0.756. The summed E-state index contributed by atoms with van der Waals surface area (Å²) in [6, 6.07) is 1.46. The summed E-state index contributed by atoms with van der Waals surface area (Å²) in [6.07, 6.45) is 5.98. The van der Waals surface area contributed by atoms with E-state index in [4.69, 9.17) is 9.52 Å². The van der Waals surface area contributed by atoms with Crippen LogP contribution in [0.15, 0.2) is 21.6 Å². The number of carboxylic acid groups (broad SMARTS) is 1. The van der Waals surface area contributed by atoms with E-state index in [0.29, 0.717) is 31.2 Å². The number of carboxylic acids is 1. The second-order valence-electron chi connectivity index (χ2n) is 7.88. The zero-order valence-electron chi connectivity index (χ0n) is 15.0. The van der Waals surface area contributed by atoms with Crippen LogP contribution in [-0.4, -0.2) is 48.8 Å². The van der Waals surface area contributed by atoms with E-state index in [0.717, 1.165) is 28.8 Å². The first-order chi connectivity index (χ1) is 12.9. The Morgan fingerprint density at radius 3 is 2.67 bits per heavy atom. The fraction of sp³-hybridized carbons (Fsp3) is 0.667. The molecule has 2 saturated carbocycles. The van der Waals surface area contributed by atoms with Crippen LogP contribution in [0.3, 0.4) is 0 Å². The highest BCUT2D eigenvalue weighted by Crippen LogP contribution is 2.48. The van der Waals surface area contributed by atoms with Crippen molar-refractivity contribution in [2.75, 3.05) is 13.1 Å². The van der Waals surface area contributed by atoms with Crippen molar-refractivity contribution in [2.24, 2.45) is 17.8 Å². The number of nitrogens with one attached hydrogen (secondary N) is 1. The molecule has 1 amide bonds. The molecule has 4 unspecified atom stereocenters. The van der Waals surface area contributed by atoms with Crippen LogP contribution >= 0.6 is 0 Å². The number of nitrogens with zero attached hydrogens (tertiary/aromatic N) is 1. The molecule has 8 nitrogen and oxygen atoms in total. The van der Waals surface area contributed by atoms with Crippen LogP contribution in [0.4, 0.5) is 0 Å². The van der Waals surface area contributed by atoms with Crippen LogP contribution in [0, 0.1) is 17.8 Å². The van der Waals surface area contributed by atoms with Crippen LogP contribution in [0.1, 0.15) is 49.1 Å². The highest BCUT2D eigenvalue weighted by atomic mass is 32.2. The topological polar surface area (TPSA) is 117 Å². The standard InChI is InChI=1S/C18H24N2O6S/c21-17(19-10-13-9-11-3-4-12(13)8-11)14-2-1-7-20(14)27(24,25)16-6-5-15(26-16)18(22)23/h5-6,11-14H,1-4,7-10H2,(H,19,21)(H,22,23). The molecule has 148 valence electrons. The number of carbonyl (C=O) groups excluding carboxylic acids is 1. The molecule has 1 aromatic heterocycles. The number of hydrogen-bond acceptors (Lipinski definition) is 5. The zero-order chi connectivity index (χ0) is 19.2. The Kier molecular flexibility index (Phi) is 4.75. The molecule has 2 bridgehead atoms. The summed E-state index contributed by atoms with van der Waals surface area (Å²) in [7, 11) is -4.05. The molecule has 4 rings (SSSR count). The molecule has 3 fully saturated rings. The molecule has 1 saturated heterocycles. The highest BCUT2D eigenvalue weighted by Gasteiger charge is 2.43. The fourth-order valence-corrected chi connectivity index (χ4v) is 6.53. The lowest BCUT2D eigenvalue weighted by atomic mass is 9.89. The zero-order valence-corrected chi connectivity index (χ0v) is 15.8. The molecule has 1 aliphatic heterocycles. The van der Waals surface area contributed by atoms with Crippen LogP contribution in [0.25, 0.3) is 0 Å². The van der Waals surface area contributed by atoms with Crippen LogP contribution in [0.5, 0.6) is 0 Å². The van der Waals surface area contributed by atoms with Gasteiger partial charge in [0, 0.05) is 13.1 Å². The Labute approximate surface area is 158 Å². The van der Waals surface area contributed by atoms with Gasteiger partial charge in [-0.25, -0.2) is 13.2 Å². The van der Waals surface area contributed by atoms with Crippen molar-refractivity contribution in [2.45, 2.75) is 49.7 Å². The molecule has 2 N–H and O–H groups in total. The van der Waals surface area contributed by atoms with Crippen molar-refractivity contribution in [3.63, 3.8) is 0 Å². The summed E-state index contributed by atoms with van der Waals surface area (Å²) in [4.78, 5) is 23.6. The molecule has 1 aromatic rings. The number of fused-ring (bicyclic) bond motifs is 2. The lowest BCUT2D eigenvalue weighted by Crippen LogP contribution is -2.47. The fourth-order valence-electron chi connectivity index (χ4n) is 4.96. The Morgan fingerprint density at radius 2 is 2.04 bits per heavy atom. The van der Waals surface area contributed by atoms with Gasteiger partial charge in [-0.3, -0.25) is 4.79 Å². The van der Waals surface area contributed by atoms with E-state index in [-0.39, 0.29) is 12.5 Å². The van der Waals surface area contributed by atoms with Crippen molar-refractivity contribution in [3.8, 4) is 0 Å². The second kappa shape index (κ2) is 6.94. The first-order valence-electron chi connectivity index (χ1n) is 9.49. The van der Waals surface area contributed by atoms with E-state index in [1.54, 1.807) is 0 Å². The van der Waals surface area contributed by atoms with Crippen molar-refractivity contribution in [1.82, 2.24) is 9.62 Å². The highest BCUT2D eigenvalue weighted by molar-refractivity contribution is 7.89. The average Bonchev–Trinajstić information content (AvgIpc) is 3.43. The van der Waals surface area contributed by atoms with Gasteiger partial charge in [-0.05, 0) is 62.0 Å². The predicted molar refractivity (Wildman–Crippen MR) is 94.5 cm³/mol. The number of furan rings is 1. The van der Waals surface area contributed by atoms with Crippen LogP contribution in [-0.2, 0) is 14.8 Å². The normalized spacial score (nSPS) is 30.7. The van der Waals surface area contributed by atoms with E-state index in [2.05, 4.69) is 5.32 Å². The molecule has 2 heterocycles. The largest absolute Gasteiger partial charge is 0.475 e. The third-order valence-corrected chi connectivity index (χ3v) is 8.07. The minimum atomic E-state index is -4.05. The number of aromatic carboxylic acids is 1. The molecular weight excluding hydrogens is 372 g/mol. The molecule has 2 aliphatic carbocycles. The van der Waals surface area contributed by atoms with Gasteiger partial charge in [0.2, 0.25) is 16.8 Å². The van der Waals surface area contributed by atoms with Gasteiger partial charge in [-0.1, -0.05) is 6.42 Å². The number of carbonyl (C=O) groups is 2. The smallest absolute Gasteiger partial charge is 0.371 e. The van der Waals surface area contributed by atoms with Gasteiger partial charge in [-0.15, -0.1) is 0 Å². The lowest BCUT2D eigenvalue weighted by molar-refractivity contribution is -0.124. The van der Waals surface area contributed by atoms with Crippen molar-refractivity contribution < 1.29 is 27.5 Å². The molecule has 0 aromatic carbocycles. The Balaban J connectivity index is 1.42. The van der Waals surface area contributed by atoms with Crippen molar-refractivity contribution >= 4 is 21.9 Å². The van der Waals surface area contributed by atoms with Crippen molar-refractivity contribution in [1.29, 1.82) is 0 Å². The van der Waals surface area contributed by atoms with E-state index in [9.17, 15) is 18.0 Å². The number of sulfonamides is 1. The summed E-state index contributed by atoms with van der Waals surface area (Å²) >= 11 is 0. The monoisotopic (exact) mass is 396 g/mol. The predicted octanol–water partition coefficient (Wildman–Crippen LogP) is 1.68. The maximum atomic E-state index is 12.8. The van der Waals surface area contributed by atoms with Crippen LogP contribution < -0.4 is 5.32 Å². The van der Waals surface area contributed by atoms with E-state index >= 15 is 0 Å². The second-order valence-corrected chi connectivity index (χ2v) is 9.70. The third-order valence-electron chi connectivity index (χ3n) is 6.28. The lowest BCUT2D eigenvalue weighted by Gasteiger charge is -2.25. The van der Waals surface area contributed by atoms with Gasteiger partial charge < -0.3 is 14.8 Å². The molecule has 3 aliphatic rings. The van der Waals surface area contributed by atoms with Gasteiger partial charge in [0.05, 0.1) is 0 Å². The third kappa shape index (κ3) is 3.38. The molecule has 27 heavy (non-hydrogen) atoms. The molecule has 0 radical (unpaired) electrons. The summed E-state index contributed by atoms with van der Waals surface area (Å²) in [5.41, 5.74) is 0. The summed E-state index contributed by atoms with van der Waals surface area (Å²) in [5.74, 6) is -0.0618. The first kappa shape index (κ1) is 18.5. The summed E-state index contributed by atoms with van der Waals surface area (Å²) < 4.78 is 31.7. The molecule has 0 spiro atoms. The average molecular weight is 396 g/mol. The maximum Gasteiger partial charge on any atom is 0.371 e. The molecule has 9 heteroatoms. The number of hydrogen-bond donors (Lipinski definition) is 2. The van der Waals surface area contributed by atoms with E-state index in [1.807, 2.05) is 0 Å². The minimum absolute atomic E-state index is 0.220. The minimum Gasteiger partial charge on any atom is -0.475 e. The SMILES string of the molecule is O=C(O)c1ccc(S(=O)(=O)N2CCCC2C(=O)NCC2CC3CCC2C3)o1. The van der Waals surface area contributed by atoms with Gasteiger partial charge in [-0.2, -0.15) is 4.31 Å². The summed E-state index contributed by atoms with van der Waals surface area (Å²) in [5, 5.41) is 11.4. The molecular formula is C18H24N2O6S. The van der Waals surface area contributed by atoms with Crippen LogP contribution in [0.2, 0.25) is 0 Å². The number of rotatable bonds is 6. The van der Waals surface area contributed by atoms with Gasteiger partial charge in [0.1, 0.15) is 6.04 Å². The Hall–Kier alpha value is -1.87. The van der Waals surface area contributed by atoms with E-state index in [1.165, 1.54) is 19.3 Å². The van der Waals surface area contributed by atoms with Gasteiger partial charge in [0.25, 0.3) is 10.0 Å². The van der Waals surface area contributed by atoms with Crippen molar-refractivity contribution in [3.05, 3.63) is 17.9 Å². The van der Waals surface area contributed by atoms with Gasteiger partial charge in [0.15, 0.2) is 0 Å².